The number of rotatable bonds is 15. The third kappa shape index (κ3) is 10.7. The van der Waals surface area contributed by atoms with E-state index in [4.69, 9.17) is 26.8 Å². The molecule has 0 bridgehead atoms. The third-order valence-corrected chi connectivity index (χ3v) is 4.36. The van der Waals surface area contributed by atoms with Crippen molar-refractivity contribution in [1.82, 2.24) is 16.0 Å². The summed E-state index contributed by atoms with van der Waals surface area (Å²) in [5.74, 6) is -6.47. The monoisotopic (exact) mass is 461 g/mol. The van der Waals surface area contributed by atoms with E-state index in [1.165, 1.54) is 0 Å². The normalized spacial score (nSPS) is 14.5. The maximum atomic E-state index is 12.7. The average molecular weight is 461 g/mol. The lowest BCUT2D eigenvalue weighted by molar-refractivity contribution is -0.143. The van der Waals surface area contributed by atoms with Crippen molar-refractivity contribution in [2.75, 3.05) is 6.61 Å². The standard InChI is InChI=1S/C18H31N5O9/c1-8(2)14(23-15(28)9(19)3-6-13(26)27)17(30)21-10(4-5-12(20)25)16(29)22-11(7-24)18(31)32/h8-11,14,24H,3-7,19H2,1-2H3,(H2,20,25)(H,21,30)(H,22,29)(H,23,28)(H,26,27)(H,31,32). The number of amides is 4. The van der Waals surface area contributed by atoms with E-state index in [0.29, 0.717) is 0 Å². The Labute approximate surface area is 184 Å². The van der Waals surface area contributed by atoms with Gasteiger partial charge in [0.05, 0.1) is 12.6 Å². The summed E-state index contributed by atoms with van der Waals surface area (Å²) in [5, 5.41) is 33.5. The molecule has 0 radical (unpaired) electrons. The van der Waals surface area contributed by atoms with E-state index in [1.807, 2.05) is 5.32 Å². The van der Waals surface area contributed by atoms with Crippen molar-refractivity contribution >= 4 is 35.6 Å². The number of aliphatic carboxylic acids is 2. The summed E-state index contributed by atoms with van der Waals surface area (Å²) < 4.78 is 0. The highest BCUT2D eigenvalue weighted by Crippen LogP contribution is 2.06. The number of hydrogen-bond donors (Lipinski definition) is 8. The number of carboxylic acid groups (broad SMARTS) is 2. The van der Waals surface area contributed by atoms with Gasteiger partial charge < -0.3 is 42.7 Å². The van der Waals surface area contributed by atoms with Crippen LogP contribution in [0.15, 0.2) is 0 Å². The smallest absolute Gasteiger partial charge is 0.328 e. The van der Waals surface area contributed by atoms with Gasteiger partial charge in [-0.25, -0.2) is 4.79 Å². The topological polar surface area (TPSA) is 251 Å². The minimum Gasteiger partial charge on any atom is -0.481 e. The number of carboxylic acids is 2. The molecule has 4 atom stereocenters. The van der Waals surface area contributed by atoms with Crippen LogP contribution in [0.2, 0.25) is 0 Å². The molecule has 0 spiro atoms. The summed E-state index contributed by atoms with van der Waals surface area (Å²) in [4.78, 5) is 70.1. The van der Waals surface area contributed by atoms with E-state index in [-0.39, 0.29) is 25.7 Å². The van der Waals surface area contributed by atoms with Crippen LogP contribution in [0.1, 0.15) is 39.5 Å². The predicted molar refractivity (Wildman–Crippen MR) is 109 cm³/mol. The number of nitrogens with one attached hydrogen (secondary N) is 3. The maximum Gasteiger partial charge on any atom is 0.328 e. The lowest BCUT2D eigenvalue weighted by atomic mass is 10.0. The van der Waals surface area contributed by atoms with Crippen LogP contribution in [0.3, 0.4) is 0 Å². The van der Waals surface area contributed by atoms with Crippen molar-refractivity contribution < 1.29 is 44.1 Å². The summed E-state index contributed by atoms with van der Waals surface area (Å²) in [6.07, 6.45) is -1.08. The van der Waals surface area contributed by atoms with Crippen LogP contribution >= 0.6 is 0 Å². The van der Waals surface area contributed by atoms with Gasteiger partial charge in [-0.2, -0.15) is 0 Å². The minimum absolute atomic E-state index is 0.158. The number of carbonyl (C=O) groups is 6. The lowest BCUT2D eigenvalue weighted by Gasteiger charge is -2.26. The van der Waals surface area contributed by atoms with Crippen LogP contribution in [0.25, 0.3) is 0 Å². The van der Waals surface area contributed by atoms with Crippen molar-refractivity contribution in [3.8, 4) is 0 Å². The zero-order chi connectivity index (χ0) is 25.0. The van der Waals surface area contributed by atoms with Crippen molar-refractivity contribution in [2.24, 2.45) is 17.4 Å². The Kier molecular flexibility index (Phi) is 12.5. The third-order valence-electron chi connectivity index (χ3n) is 4.36. The van der Waals surface area contributed by atoms with Gasteiger partial charge in [0.1, 0.15) is 18.1 Å². The molecule has 32 heavy (non-hydrogen) atoms. The molecule has 0 aromatic rings. The molecule has 0 aromatic carbocycles. The van der Waals surface area contributed by atoms with E-state index in [2.05, 4.69) is 10.6 Å². The number of hydrogen-bond acceptors (Lipinski definition) is 8. The first kappa shape index (κ1) is 28.7. The Morgan fingerprint density at radius 3 is 1.81 bits per heavy atom. The van der Waals surface area contributed by atoms with Gasteiger partial charge >= 0.3 is 11.9 Å². The molecule has 0 saturated carbocycles. The molecule has 182 valence electrons. The highest BCUT2D eigenvalue weighted by molar-refractivity contribution is 5.94. The highest BCUT2D eigenvalue weighted by atomic mass is 16.4. The Balaban J connectivity index is 5.37. The molecular formula is C18H31N5O9. The number of aliphatic hydroxyl groups excluding tert-OH is 1. The van der Waals surface area contributed by atoms with E-state index >= 15 is 0 Å². The summed E-state index contributed by atoms with van der Waals surface area (Å²) in [7, 11) is 0. The van der Waals surface area contributed by atoms with Crippen molar-refractivity contribution in [3.63, 3.8) is 0 Å². The Hall–Kier alpha value is -3.26. The van der Waals surface area contributed by atoms with Gasteiger partial charge in [-0.1, -0.05) is 13.8 Å². The van der Waals surface area contributed by atoms with Crippen molar-refractivity contribution in [3.05, 3.63) is 0 Å². The van der Waals surface area contributed by atoms with Crippen LogP contribution in [-0.4, -0.2) is 81.7 Å². The van der Waals surface area contributed by atoms with Crippen LogP contribution < -0.4 is 27.4 Å². The first-order valence-corrected chi connectivity index (χ1v) is 9.80. The van der Waals surface area contributed by atoms with Crippen LogP contribution in [0.4, 0.5) is 0 Å². The van der Waals surface area contributed by atoms with Crippen LogP contribution in [0, 0.1) is 5.92 Å². The van der Waals surface area contributed by atoms with E-state index in [1.54, 1.807) is 13.8 Å². The maximum absolute atomic E-state index is 12.7. The molecule has 0 rings (SSSR count). The van der Waals surface area contributed by atoms with E-state index in [0.717, 1.165) is 0 Å². The van der Waals surface area contributed by atoms with E-state index in [9.17, 15) is 28.8 Å². The molecule has 0 aliphatic rings. The van der Waals surface area contributed by atoms with Crippen LogP contribution in [-0.2, 0) is 28.8 Å². The molecule has 0 saturated heterocycles. The number of primary amides is 1. The molecule has 0 heterocycles. The first-order valence-electron chi connectivity index (χ1n) is 9.80. The van der Waals surface area contributed by atoms with E-state index < -0.39 is 72.3 Å². The number of carbonyl (C=O) groups excluding carboxylic acids is 4. The molecule has 0 aromatic heterocycles. The van der Waals surface area contributed by atoms with Gasteiger partial charge in [0.25, 0.3) is 0 Å². The fourth-order valence-electron chi connectivity index (χ4n) is 2.48. The lowest BCUT2D eigenvalue weighted by Crippen LogP contribution is -2.58. The number of nitrogens with two attached hydrogens (primary N) is 2. The van der Waals surface area contributed by atoms with Gasteiger partial charge in [0.2, 0.25) is 23.6 Å². The molecule has 10 N–H and O–H groups in total. The molecular weight excluding hydrogens is 430 g/mol. The molecule has 4 unspecified atom stereocenters. The van der Waals surface area contributed by atoms with Crippen molar-refractivity contribution in [1.29, 1.82) is 0 Å². The molecule has 0 aliphatic carbocycles. The zero-order valence-corrected chi connectivity index (χ0v) is 17.9. The zero-order valence-electron chi connectivity index (χ0n) is 17.9. The second-order valence-corrected chi connectivity index (χ2v) is 7.42. The first-order chi connectivity index (χ1) is 14.8. The average Bonchev–Trinajstić information content (AvgIpc) is 2.69. The van der Waals surface area contributed by atoms with Gasteiger partial charge in [0, 0.05) is 12.8 Å². The molecule has 4 amide bonds. The Morgan fingerprint density at radius 1 is 0.812 bits per heavy atom. The highest BCUT2D eigenvalue weighted by Gasteiger charge is 2.31. The number of aliphatic hydroxyl groups is 1. The SMILES string of the molecule is CC(C)C(NC(=O)C(N)CCC(=O)O)C(=O)NC(CCC(N)=O)C(=O)NC(CO)C(=O)O. The molecule has 0 fully saturated rings. The van der Waals surface area contributed by atoms with Gasteiger partial charge in [-0.05, 0) is 18.8 Å². The Bertz CT molecular complexity index is 713. The van der Waals surface area contributed by atoms with Gasteiger partial charge in [-0.15, -0.1) is 0 Å². The Morgan fingerprint density at radius 2 is 1.38 bits per heavy atom. The quantitative estimate of drug-likeness (QED) is 0.120. The molecule has 0 aliphatic heterocycles. The fraction of sp³-hybridized carbons (Fsp3) is 0.667. The summed E-state index contributed by atoms with van der Waals surface area (Å²) in [5.41, 5.74) is 10.7. The predicted octanol–water partition coefficient (Wildman–Crippen LogP) is -3.37. The summed E-state index contributed by atoms with van der Waals surface area (Å²) >= 11 is 0. The van der Waals surface area contributed by atoms with Gasteiger partial charge in [0.15, 0.2) is 0 Å². The second-order valence-electron chi connectivity index (χ2n) is 7.42. The molecule has 14 heteroatoms. The fourth-order valence-corrected chi connectivity index (χ4v) is 2.48. The molecule has 14 nitrogen and oxygen atoms in total. The van der Waals surface area contributed by atoms with Crippen LogP contribution in [0.5, 0.6) is 0 Å². The minimum atomic E-state index is -1.64. The summed E-state index contributed by atoms with van der Waals surface area (Å²) in [6.45, 7) is 2.28. The largest absolute Gasteiger partial charge is 0.481 e. The summed E-state index contributed by atoms with van der Waals surface area (Å²) in [6, 6.07) is -5.38. The van der Waals surface area contributed by atoms with Crippen molar-refractivity contribution in [2.45, 2.75) is 63.7 Å². The second kappa shape index (κ2) is 13.9. The van der Waals surface area contributed by atoms with Gasteiger partial charge in [-0.3, -0.25) is 24.0 Å².